The van der Waals surface area contributed by atoms with E-state index in [0.29, 0.717) is 18.5 Å². The lowest BCUT2D eigenvalue weighted by molar-refractivity contribution is -0.129. The van der Waals surface area contributed by atoms with Gasteiger partial charge in [-0.3, -0.25) is 9.59 Å². The van der Waals surface area contributed by atoms with Crippen molar-refractivity contribution >= 4 is 23.5 Å². The third kappa shape index (κ3) is 2.70. The van der Waals surface area contributed by atoms with E-state index in [-0.39, 0.29) is 29.4 Å². The number of imide groups is 1. The van der Waals surface area contributed by atoms with Gasteiger partial charge in [0.2, 0.25) is 11.8 Å². The van der Waals surface area contributed by atoms with Crippen LogP contribution in [0.15, 0.2) is 48.6 Å². The maximum Gasteiger partial charge on any atom is 0.335 e. The molecule has 2 amide bonds. The molecule has 0 saturated carbocycles. The molecule has 0 N–H and O–H groups in total. The second-order valence-corrected chi connectivity index (χ2v) is 5.84. The van der Waals surface area contributed by atoms with Gasteiger partial charge in [0.25, 0.3) is 0 Å². The molecule has 3 rings (SSSR count). The second-order valence-electron chi connectivity index (χ2n) is 5.84. The normalized spacial score (nSPS) is 23.3. The fourth-order valence-corrected chi connectivity index (χ4v) is 3.14. The second kappa shape index (κ2) is 5.83. The van der Waals surface area contributed by atoms with Crippen LogP contribution >= 0.6 is 0 Å². The molecular weight excluding hydrogens is 294 g/mol. The summed E-state index contributed by atoms with van der Waals surface area (Å²) >= 11 is 0. The fourth-order valence-electron chi connectivity index (χ4n) is 3.14. The van der Waals surface area contributed by atoms with Crippen LogP contribution in [0, 0.1) is 11.8 Å². The van der Waals surface area contributed by atoms with Gasteiger partial charge in [0.15, 0.2) is 0 Å². The first-order chi connectivity index (χ1) is 11.0. The molecule has 1 aromatic rings. The van der Waals surface area contributed by atoms with Gasteiger partial charge < -0.3 is 4.74 Å². The van der Waals surface area contributed by atoms with Gasteiger partial charge in [0, 0.05) is 12.1 Å². The van der Waals surface area contributed by atoms with Crippen molar-refractivity contribution in [1.29, 1.82) is 0 Å². The van der Waals surface area contributed by atoms with E-state index in [1.807, 2.05) is 13.0 Å². The average Bonchev–Trinajstić information content (AvgIpc) is 2.78. The summed E-state index contributed by atoms with van der Waals surface area (Å²) in [5, 5.41) is 0. The van der Waals surface area contributed by atoms with E-state index in [9.17, 15) is 14.4 Å². The van der Waals surface area contributed by atoms with Crippen LogP contribution < -0.4 is 9.64 Å². The van der Waals surface area contributed by atoms with Gasteiger partial charge in [-0.2, -0.15) is 0 Å². The lowest BCUT2D eigenvalue weighted by atomic mass is 9.82. The largest absolute Gasteiger partial charge is 0.423 e. The lowest BCUT2D eigenvalue weighted by Gasteiger charge is -2.18. The number of allylic oxidation sites excluding steroid dienone is 2. The van der Waals surface area contributed by atoms with Crippen molar-refractivity contribution in [3.05, 3.63) is 48.6 Å². The van der Waals surface area contributed by atoms with Crippen molar-refractivity contribution in [2.24, 2.45) is 11.8 Å². The molecule has 1 aromatic carbocycles. The Morgan fingerprint density at radius 1 is 1.30 bits per heavy atom. The van der Waals surface area contributed by atoms with Crippen LogP contribution in [0.1, 0.15) is 19.8 Å². The summed E-state index contributed by atoms with van der Waals surface area (Å²) in [6, 6.07) is 6.43. The minimum atomic E-state index is -0.588. The molecule has 118 valence electrons. The number of carbonyl (C=O) groups is 3. The Morgan fingerprint density at radius 3 is 2.78 bits per heavy atom. The van der Waals surface area contributed by atoms with E-state index >= 15 is 0 Å². The number of carbonyl (C=O) groups excluding carboxylic acids is 3. The zero-order valence-electron chi connectivity index (χ0n) is 12.8. The molecule has 23 heavy (non-hydrogen) atoms. The number of amides is 2. The summed E-state index contributed by atoms with van der Waals surface area (Å²) in [6.07, 6.45) is 4.31. The zero-order valence-corrected chi connectivity index (χ0v) is 12.8. The van der Waals surface area contributed by atoms with Crippen LogP contribution in [0.2, 0.25) is 0 Å². The summed E-state index contributed by atoms with van der Waals surface area (Å²) < 4.78 is 5.05. The van der Waals surface area contributed by atoms with Gasteiger partial charge in [0.1, 0.15) is 5.75 Å². The predicted molar refractivity (Wildman–Crippen MR) is 84.7 cm³/mol. The van der Waals surface area contributed by atoms with Crippen molar-refractivity contribution in [3.63, 3.8) is 0 Å². The number of nitrogens with zero attached hydrogens (tertiary/aromatic N) is 1. The summed E-state index contributed by atoms with van der Waals surface area (Å²) in [6.45, 7) is 5.32. The summed E-state index contributed by atoms with van der Waals surface area (Å²) in [7, 11) is 0. The predicted octanol–water partition coefficient (Wildman–Crippen LogP) is 2.62. The number of benzene rings is 1. The molecule has 5 heteroatoms. The Hall–Kier alpha value is -2.69. The minimum Gasteiger partial charge on any atom is -0.423 e. The SMILES string of the molecule is C=CC(=O)Oc1cccc(N2C(=O)[C@H]3CC=C(C)C[C@@H]3C2=O)c1. The van der Waals surface area contributed by atoms with Crippen LogP contribution in [-0.4, -0.2) is 17.8 Å². The number of fused-ring (bicyclic) bond motifs is 1. The molecule has 0 aromatic heterocycles. The molecule has 1 aliphatic heterocycles. The number of anilines is 1. The number of esters is 1. The maximum atomic E-state index is 12.6. The lowest BCUT2D eigenvalue weighted by Crippen LogP contribution is -2.30. The van der Waals surface area contributed by atoms with Crippen LogP contribution in [-0.2, 0) is 14.4 Å². The van der Waals surface area contributed by atoms with E-state index in [0.717, 1.165) is 11.6 Å². The molecule has 1 aliphatic carbocycles. The number of ether oxygens (including phenoxy) is 1. The smallest absolute Gasteiger partial charge is 0.335 e. The Kier molecular flexibility index (Phi) is 3.86. The van der Waals surface area contributed by atoms with E-state index < -0.39 is 5.97 Å². The molecule has 2 aliphatic rings. The average molecular weight is 311 g/mol. The summed E-state index contributed by atoms with van der Waals surface area (Å²) in [5.41, 5.74) is 1.57. The van der Waals surface area contributed by atoms with Gasteiger partial charge >= 0.3 is 5.97 Å². The Morgan fingerprint density at radius 2 is 2.04 bits per heavy atom. The number of hydrogen-bond acceptors (Lipinski definition) is 4. The molecule has 5 nitrogen and oxygen atoms in total. The van der Waals surface area contributed by atoms with E-state index in [1.54, 1.807) is 18.2 Å². The van der Waals surface area contributed by atoms with Gasteiger partial charge in [-0.05, 0) is 31.9 Å². The Bertz CT molecular complexity index is 734. The third-order valence-corrected chi connectivity index (χ3v) is 4.28. The van der Waals surface area contributed by atoms with Crippen molar-refractivity contribution in [1.82, 2.24) is 0 Å². The molecule has 1 fully saturated rings. The van der Waals surface area contributed by atoms with Gasteiger partial charge in [-0.1, -0.05) is 24.3 Å². The maximum absolute atomic E-state index is 12.6. The molecule has 0 radical (unpaired) electrons. The number of rotatable bonds is 3. The zero-order chi connectivity index (χ0) is 16.6. The van der Waals surface area contributed by atoms with Gasteiger partial charge in [0.05, 0.1) is 17.5 Å². The standard InChI is InChI=1S/C18H17NO4/c1-3-16(20)23-13-6-4-5-12(10-13)19-17(21)14-8-7-11(2)9-15(14)18(19)22/h3-7,10,14-15H,1,8-9H2,2H3/t14-,15-/m0/s1. The van der Waals surface area contributed by atoms with Gasteiger partial charge in [-0.25, -0.2) is 9.69 Å². The van der Waals surface area contributed by atoms with Crippen LogP contribution in [0.25, 0.3) is 0 Å². The minimum absolute atomic E-state index is 0.181. The van der Waals surface area contributed by atoms with Crippen LogP contribution in [0.3, 0.4) is 0 Å². The monoisotopic (exact) mass is 311 g/mol. The fraction of sp³-hybridized carbons (Fsp3) is 0.278. The highest BCUT2D eigenvalue weighted by Gasteiger charge is 2.48. The quantitative estimate of drug-likeness (QED) is 0.283. The Labute approximate surface area is 134 Å². The first-order valence-electron chi connectivity index (χ1n) is 7.49. The first-order valence-corrected chi connectivity index (χ1v) is 7.49. The molecule has 0 unspecified atom stereocenters. The first kappa shape index (κ1) is 15.2. The summed E-state index contributed by atoms with van der Waals surface area (Å²) in [4.78, 5) is 37.7. The van der Waals surface area contributed by atoms with Crippen LogP contribution in [0.5, 0.6) is 5.75 Å². The topological polar surface area (TPSA) is 63.7 Å². The van der Waals surface area contributed by atoms with Crippen molar-refractivity contribution in [2.45, 2.75) is 19.8 Å². The molecule has 0 bridgehead atoms. The number of hydrogen-bond donors (Lipinski definition) is 0. The highest BCUT2D eigenvalue weighted by molar-refractivity contribution is 6.22. The molecule has 1 saturated heterocycles. The van der Waals surface area contributed by atoms with Gasteiger partial charge in [-0.15, -0.1) is 0 Å². The van der Waals surface area contributed by atoms with E-state index in [1.165, 1.54) is 11.0 Å². The highest BCUT2D eigenvalue weighted by Crippen LogP contribution is 2.40. The van der Waals surface area contributed by atoms with Crippen molar-refractivity contribution < 1.29 is 19.1 Å². The molecule has 2 atom stereocenters. The molecule has 1 heterocycles. The third-order valence-electron chi connectivity index (χ3n) is 4.28. The van der Waals surface area contributed by atoms with Crippen molar-refractivity contribution in [2.75, 3.05) is 4.90 Å². The summed E-state index contributed by atoms with van der Waals surface area (Å²) in [5.74, 6) is -1.25. The highest BCUT2D eigenvalue weighted by atomic mass is 16.5. The molecule has 0 spiro atoms. The van der Waals surface area contributed by atoms with E-state index in [4.69, 9.17) is 4.74 Å². The van der Waals surface area contributed by atoms with Crippen molar-refractivity contribution in [3.8, 4) is 5.75 Å². The van der Waals surface area contributed by atoms with E-state index in [2.05, 4.69) is 6.58 Å². The Balaban J connectivity index is 1.89. The van der Waals surface area contributed by atoms with Crippen LogP contribution in [0.4, 0.5) is 5.69 Å². The molecular formula is C18H17NO4.